The van der Waals surface area contributed by atoms with Crippen LogP contribution in [0.5, 0.6) is 0 Å². The average molecular weight is 380 g/mol. The number of aryl methyl sites for hydroxylation is 1. The minimum absolute atomic E-state index is 0.0582. The number of amides is 1. The minimum atomic E-state index is -0.142. The summed E-state index contributed by atoms with van der Waals surface area (Å²) in [4.78, 5) is 36.7. The van der Waals surface area contributed by atoms with Crippen LogP contribution in [0.4, 0.5) is 11.6 Å². The Morgan fingerprint density at radius 1 is 1.14 bits per heavy atom. The van der Waals surface area contributed by atoms with Gasteiger partial charge in [0, 0.05) is 43.7 Å². The van der Waals surface area contributed by atoms with Crippen molar-refractivity contribution in [3.8, 4) is 0 Å². The summed E-state index contributed by atoms with van der Waals surface area (Å²) in [5.41, 5.74) is 3.83. The maximum atomic E-state index is 12.7. The fraction of sp³-hybridized carbons (Fsp3) is 0.500. The lowest BCUT2D eigenvalue weighted by molar-refractivity contribution is -0.117. The summed E-state index contributed by atoms with van der Waals surface area (Å²) in [7, 11) is 0. The summed E-state index contributed by atoms with van der Waals surface area (Å²) in [6.07, 6.45) is 2.60. The minimum Gasteiger partial charge on any atom is -0.342 e. The second-order valence-corrected chi connectivity index (χ2v) is 8.29. The van der Waals surface area contributed by atoms with Crippen LogP contribution in [-0.2, 0) is 4.79 Å². The van der Waals surface area contributed by atoms with Gasteiger partial charge in [-0.05, 0) is 49.8 Å². The molecule has 2 fully saturated rings. The Kier molecular flexibility index (Phi) is 4.96. The van der Waals surface area contributed by atoms with Crippen LogP contribution in [0.15, 0.2) is 29.1 Å². The number of rotatable bonds is 3. The number of hydrogen-bond donors (Lipinski definition) is 1. The SMILES string of the molecule is Cc1cccc(N2C[C@@H](c3cc(=O)[nH]c(N4CCC(C)CC4)n3)CC2=O)c1C. The van der Waals surface area contributed by atoms with Crippen molar-refractivity contribution < 1.29 is 4.79 Å². The number of carbonyl (C=O) groups excluding carboxylic acids is 1. The van der Waals surface area contributed by atoms with E-state index in [0.717, 1.165) is 42.9 Å². The zero-order chi connectivity index (χ0) is 19.8. The van der Waals surface area contributed by atoms with Crippen molar-refractivity contribution in [1.29, 1.82) is 0 Å². The van der Waals surface area contributed by atoms with Gasteiger partial charge in [0.1, 0.15) is 0 Å². The van der Waals surface area contributed by atoms with Crippen LogP contribution in [-0.4, -0.2) is 35.5 Å². The number of benzene rings is 1. The smallest absolute Gasteiger partial charge is 0.252 e. The summed E-state index contributed by atoms with van der Waals surface area (Å²) in [5.74, 6) is 1.39. The van der Waals surface area contributed by atoms with Gasteiger partial charge in [0.05, 0.1) is 5.69 Å². The van der Waals surface area contributed by atoms with Crippen molar-refractivity contribution in [3.63, 3.8) is 0 Å². The number of piperidine rings is 1. The van der Waals surface area contributed by atoms with E-state index < -0.39 is 0 Å². The highest BCUT2D eigenvalue weighted by Crippen LogP contribution is 2.33. The molecule has 148 valence electrons. The van der Waals surface area contributed by atoms with Crippen molar-refractivity contribution in [2.45, 2.75) is 46.0 Å². The van der Waals surface area contributed by atoms with Crippen LogP contribution < -0.4 is 15.4 Å². The van der Waals surface area contributed by atoms with E-state index in [1.807, 2.05) is 24.0 Å². The van der Waals surface area contributed by atoms with E-state index >= 15 is 0 Å². The van der Waals surface area contributed by atoms with Crippen molar-refractivity contribution in [1.82, 2.24) is 9.97 Å². The van der Waals surface area contributed by atoms with Gasteiger partial charge in [-0.15, -0.1) is 0 Å². The molecule has 2 saturated heterocycles. The molecule has 1 aromatic carbocycles. The highest BCUT2D eigenvalue weighted by Gasteiger charge is 2.34. The summed E-state index contributed by atoms with van der Waals surface area (Å²) in [6.45, 7) is 8.75. The predicted octanol–water partition coefficient (Wildman–Crippen LogP) is 3.14. The first-order valence-electron chi connectivity index (χ1n) is 10.1. The molecule has 2 aliphatic rings. The zero-order valence-corrected chi connectivity index (χ0v) is 16.9. The number of aromatic nitrogens is 2. The molecule has 1 N–H and O–H groups in total. The van der Waals surface area contributed by atoms with Gasteiger partial charge >= 0.3 is 0 Å². The van der Waals surface area contributed by atoms with Crippen LogP contribution in [0.25, 0.3) is 0 Å². The first-order valence-corrected chi connectivity index (χ1v) is 10.1. The van der Waals surface area contributed by atoms with Gasteiger partial charge in [-0.2, -0.15) is 0 Å². The van der Waals surface area contributed by atoms with E-state index in [-0.39, 0.29) is 17.4 Å². The molecule has 0 saturated carbocycles. The number of aromatic amines is 1. The van der Waals surface area contributed by atoms with E-state index in [4.69, 9.17) is 4.98 Å². The van der Waals surface area contributed by atoms with Gasteiger partial charge in [0.2, 0.25) is 11.9 Å². The average Bonchev–Trinajstić information content (AvgIpc) is 3.06. The van der Waals surface area contributed by atoms with E-state index in [9.17, 15) is 9.59 Å². The van der Waals surface area contributed by atoms with Gasteiger partial charge in [-0.25, -0.2) is 4.98 Å². The summed E-state index contributed by atoms with van der Waals surface area (Å²) < 4.78 is 0. The van der Waals surface area contributed by atoms with Gasteiger partial charge in [0.25, 0.3) is 5.56 Å². The molecule has 6 nitrogen and oxygen atoms in total. The lowest BCUT2D eigenvalue weighted by atomic mass is 9.99. The largest absolute Gasteiger partial charge is 0.342 e. The summed E-state index contributed by atoms with van der Waals surface area (Å²) in [5, 5.41) is 0. The summed E-state index contributed by atoms with van der Waals surface area (Å²) >= 11 is 0. The number of carbonyl (C=O) groups is 1. The molecule has 0 aliphatic carbocycles. The van der Waals surface area contributed by atoms with E-state index in [1.165, 1.54) is 5.56 Å². The molecule has 0 unspecified atom stereocenters. The second kappa shape index (κ2) is 7.41. The molecule has 2 aliphatic heterocycles. The Balaban J connectivity index is 1.59. The molecule has 28 heavy (non-hydrogen) atoms. The van der Waals surface area contributed by atoms with Crippen molar-refractivity contribution in [2.75, 3.05) is 29.4 Å². The molecule has 4 rings (SSSR count). The van der Waals surface area contributed by atoms with Crippen LogP contribution in [0.3, 0.4) is 0 Å². The lowest BCUT2D eigenvalue weighted by Gasteiger charge is -2.30. The third-order valence-electron chi connectivity index (χ3n) is 6.24. The Labute approximate surface area is 165 Å². The third-order valence-corrected chi connectivity index (χ3v) is 6.24. The number of nitrogens with one attached hydrogen (secondary N) is 1. The molecule has 1 aromatic heterocycles. The van der Waals surface area contributed by atoms with Gasteiger partial charge in [0.15, 0.2) is 0 Å². The van der Waals surface area contributed by atoms with Crippen molar-refractivity contribution in [3.05, 3.63) is 51.4 Å². The third kappa shape index (κ3) is 3.55. The van der Waals surface area contributed by atoms with Gasteiger partial charge < -0.3 is 9.80 Å². The number of H-pyrrole nitrogens is 1. The topological polar surface area (TPSA) is 69.3 Å². The highest BCUT2D eigenvalue weighted by molar-refractivity contribution is 5.97. The Morgan fingerprint density at radius 3 is 2.64 bits per heavy atom. The molecule has 2 aromatic rings. The zero-order valence-electron chi connectivity index (χ0n) is 16.9. The molecule has 1 atom stereocenters. The quantitative estimate of drug-likeness (QED) is 0.888. The molecule has 0 bridgehead atoms. The predicted molar refractivity (Wildman–Crippen MR) is 111 cm³/mol. The van der Waals surface area contributed by atoms with Gasteiger partial charge in [-0.1, -0.05) is 19.1 Å². The number of nitrogens with zero attached hydrogens (tertiary/aromatic N) is 3. The molecule has 1 amide bonds. The first-order chi connectivity index (χ1) is 13.4. The lowest BCUT2D eigenvalue weighted by Crippen LogP contribution is -2.35. The van der Waals surface area contributed by atoms with Crippen LogP contribution in [0, 0.1) is 19.8 Å². The monoisotopic (exact) mass is 380 g/mol. The van der Waals surface area contributed by atoms with E-state index in [2.05, 4.69) is 29.8 Å². The Morgan fingerprint density at radius 2 is 1.89 bits per heavy atom. The fourth-order valence-electron chi connectivity index (χ4n) is 4.21. The maximum Gasteiger partial charge on any atom is 0.252 e. The number of anilines is 2. The van der Waals surface area contributed by atoms with Crippen LogP contribution >= 0.6 is 0 Å². The standard InChI is InChI=1S/C22H28N4O2/c1-14-7-9-25(10-8-14)22-23-18(12-20(27)24-22)17-11-21(28)26(13-17)19-6-4-5-15(2)16(19)3/h4-6,12,14,17H,7-11,13H2,1-3H3,(H,23,24,27)/t17-/m0/s1. The maximum absolute atomic E-state index is 12.7. The Hall–Kier alpha value is -2.63. The molecule has 3 heterocycles. The molecule has 0 radical (unpaired) electrons. The Bertz CT molecular complexity index is 944. The van der Waals surface area contributed by atoms with E-state index in [0.29, 0.717) is 24.8 Å². The van der Waals surface area contributed by atoms with Crippen molar-refractivity contribution in [2.24, 2.45) is 5.92 Å². The molecular weight excluding hydrogens is 352 g/mol. The molecule has 6 heteroatoms. The normalized spacial score (nSPS) is 20.8. The highest BCUT2D eigenvalue weighted by atomic mass is 16.2. The second-order valence-electron chi connectivity index (χ2n) is 8.29. The fourth-order valence-corrected chi connectivity index (χ4v) is 4.21. The van der Waals surface area contributed by atoms with Gasteiger partial charge in [-0.3, -0.25) is 14.6 Å². The van der Waals surface area contributed by atoms with E-state index in [1.54, 1.807) is 6.07 Å². The summed E-state index contributed by atoms with van der Waals surface area (Å²) in [6, 6.07) is 7.59. The van der Waals surface area contributed by atoms with Crippen LogP contribution in [0.1, 0.15) is 48.9 Å². The van der Waals surface area contributed by atoms with Crippen molar-refractivity contribution >= 4 is 17.5 Å². The molecule has 0 spiro atoms. The number of hydrogen-bond acceptors (Lipinski definition) is 4. The first kappa shape index (κ1) is 18.7. The molecular formula is C22H28N4O2. The van der Waals surface area contributed by atoms with Crippen LogP contribution in [0.2, 0.25) is 0 Å².